The summed E-state index contributed by atoms with van der Waals surface area (Å²) in [6, 6.07) is 15.4. The molecule has 3 rings (SSSR count). The fourth-order valence-corrected chi connectivity index (χ4v) is 3.18. The summed E-state index contributed by atoms with van der Waals surface area (Å²) in [6.07, 6.45) is 2.54. The average Bonchev–Trinajstić information content (AvgIpc) is 3.20. The number of carbonyl (C=O) groups is 1. The molecule has 1 fully saturated rings. The molecule has 0 radical (unpaired) electrons. The number of hydrogen-bond donors (Lipinski definition) is 2. The Hall–Kier alpha value is -2.37. The van der Waals surface area contributed by atoms with Crippen LogP contribution in [0.3, 0.4) is 0 Å². The van der Waals surface area contributed by atoms with Gasteiger partial charge in [-0.25, -0.2) is 0 Å². The molecule has 27 heavy (non-hydrogen) atoms. The second kappa shape index (κ2) is 9.53. The van der Waals surface area contributed by atoms with Crippen LogP contribution in [0.5, 0.6) is 5.75 Å². The zero-order chi connectivity index (χ0) is 19.1. The van der Waals surface area contributed by atoms with Crippen LogP contribution >= 0.6 is 0 Å². The maximum atomic E-state index is 12.3. The fourth-order valence-electron chi connectivity index (χ4n) is 3.18. The van der Waals surface area contributed by atoms with E-state index in [1.807, 2.05) is 55.5 Å². The Morgan fingerprint density at radius 3 is 2.85 bits per heavy atom. The molecule has 5 nitrogen and oxygen atoms in total. The van der Waals surface area contributed by atoms with E-state index < -0.39 is 0 Å². The topological polar surface area (TPSA) is 73.6 Å². The lowest BCUT2D eigenvalue weighted by Gasteiger charge is -2.16. The zero-order valence-electron chi connectivity index (χ0n) is 15.8. The summed E-state index contributed by atoms with van der Waals surface area (Å²) >= 11 is 0. The molecule has 0 spiro atoms. The summed E-state index contributed by atoms with van der Waals surface area (Å²) in [6.45, 7) is 3.80. The average molecular weight is 368 g/mol. The van der Waals surface area contributed by atoms with Gasteiger partial charge in [0, 0.05) is 31.2 Å². The highest BCUT2D eigenvalue weighted by molar-refractivity contribution is 5.76. The second-order valence-electron chi connectivity index (χ2n) is 7.06. The molecule has 144 valence electrons. The van der Waals surface area contributed by atoms with E-state index in [2.05, 4.69) is 5.32 Å². The molecule has 2 aromatic carbocycles. The Bertz CT molecular complexity index is 742. The summed E-state index contributed by atoms with van der Waals surface area (Å²) in [5.41, 5.74) is 9.18. The van der Waals surface area contributed by atoms with Crippen molar-refractivity contribution >= 4 is 5.91 Å². The molecule has 1 aliphatic rings. The van der Waals surface area contributed by atoms with Crippen LogP contribution < -0.4 is 15.8 Å². The minimum atomic E-state index is -0.306. The minimum Gasteiger partial charge on any atom is -0.491 e. The normalized spacial score (nSPS) is 17.5. The van der Waals surface area contributed by atoms with E-state index in [1.165, 1.54) is 0 Å². The van der Waals surface area contributed by atoms with Gasteiger partial charge in [-0.1, -0.05) is 42.5 Å². The molecule has 0 bridgehead atoms. The van der Waals surface area contributed by atoms with E-state index in [-0.39, 0.29) is 24.5 Å². The standard InChI is InChI=1S/C22H28N2O3/c1-16-9-10-18(21(12-16)27-15-19-8-5-11-26-19)14-24-22(25)13-20(23)17-6-3-2-4-7-17/h2-4,6-7,9-10,12,19-20H,5,8,11,13-15,23H2,1H3,(H,24,25). The van der Waals surface area contributed by atoms with E-state index in [9.17, 15) is 4.79 Å². The number of ether oxygens (including phenoxy) is 2. The molecule has 0 aliphatic carbocycles. The highest BCUT2D eigenvalue weighted by Crippen LogP contribution is 2.22. The largest absolute Gasteiger partial charge is 0.491 e. The Morgan fingerprint density at radius 1 is 1.30 bits per heavy atom. The van der Waals surface area contributed by atoms with Crippen molar-refractivity contribution in [3.8, 4) is 5.75 Å². The number of nitrogens with two attached hydrogens (primary N) is 1. The Balaban J connectivity index is 1.54. The summed E-state index contributed by atoms with van der Waals surface area (Å²) in [7, 11) is 0. The molecule has 1 amide bonds. The number of nitrogens with one attached hydrogen (secondary N) is 1. The highest BCUT2D eigenvalue weighted by Gasteiger charge is 2.17. The maximum absolute atomic E-state index is 12.3. The molecule has 1 heterocycles. The Morgan fingerprint density at radius 2 is 2.11 bits per heavy atom. The van der Waals surface area contributed by atoms with Crippen LogP contribution in [-0.2, 0) is 16.1 Å². The Kier molecular flexibility index (Phi) is 6.85. The van der Waals surface area contributed by atoms with Gasteiger partial charge in [0.1, 0.15) is 12.4 Å². The number of benzene rings is 2. The van der Waals surface area contributed by atoms with Gasteiger partial charge in [0.05, 0.1) is 6.10 Å². The van der Waals surface area contributed by atoms with Crippen LogP contribution in [0.1, 0.15) is 42.0 Å². The molecule has 3 N–H and O–H groups in total. The van der Waals surface area contributed by atoms with Crippen molar-refractivity contribution < 1.29 is 14.3 Å². The molecule has 1 saturated heterocycles. The van der Waals surface area contributed by atoms with Crippen molar-refractivity contribution in [3.05, 3.63) is 65.2 Å². The van der Waals surface area contributed by atoms with Gasteiger partial charge in [-0.2, -0.15) is 0 Å². The maximum Gasteiger partial charge on any atom is 0.222 e. The predicted molar refractivity (Wildman–Crippen MR) is 105 cm³/mol. The molecule has 2 atom stereocenters. The van der Waals surface area contributed by atoms with Gasteiger partial charge >= 0.3 is 0 Å². The number of aryl methyl sites for hydroxylation is 1. The summed E-state index contributed by atoms with van der Waals surface area (Å²) in [5, 5.41) is 2.96. The smallest absolute Gasteiger partial charge is 0.222 e. The first-order valence-electron chi connectivity index (χ1n) is 9.53. The van der Waals surface area contributed by atoms with Crippen LogP contribution in [-0.4, -0.2) is 25.2 Å². The van der Waals surface area contributed by atoms with Crippen molar-refractivity contribution in [2.24, 2.45) is 5.73 Å². The molecule has 1 aliphatic heterocycles. The first kappa shape index (κ1) is 19.4. The molecule has 5 heteroatoms. The van der Waals surface area contributed by atoms with Gasteiger partial charge in [0.25, 0.3) is 0 Å². The predicted octanol–water partition coefficient (Wildman–Crippen LogP) is 3.26. The van der Waals surface area contributed by atoms with Crippen LogP contribution in [0.2, 0.25) is 0 Å². The fraction of sp³-hybridized carbons (Fsp3) is 0.409. The van der Waals surface area contributed by atoms with Crippen LogP contribution in [0.4, 0.5) is 0 Å². The van der Waals surface area contributed by atoms with E-state index in [1.54, 1.807) is 0 Å². The molecular formula is C22H28N2O3. The SMILES string of the molecule is Cc1ccc(CNC(=O)CC(N)c2ccccc2)c(OCC2CCCO2)c1. The van der Waals surface area contributed by atoms with Crippen LogP contribution in [0, 0.1) is 6.92 Å². The van der Waals surface area contributed by atoms with E-state index in [0.717, 1.165) is 41.9 Å². The Labute approximate surface area is 160 Å². The lowest BCUT2D eigenvalue weighted by Crippen LogP contribution is -2.27. The summed E-state index contributed by atoms with van der Waals surface area (Å²) in [5.74, 6) is 0.732. The van der Waals surface area contributed by atoms with Crippen LogP contribution in [0.25, 0.3) is 0 Å². The lowest BCUT2D eigenvalue weighted by atomic mass is 10.0. The third kappa shape index (κ3) is 5.81. The second-order valence-corrected chi connectivity index (χ2v) is 7.06. The molecular weight excluding hydrogens is 340 g/mol. The zero-order valence-corrected chi connectivity index (χ0v) is 15.8. The van der Waals surface area contributed by atoms with E-state index in [0.29, 0.717) is 13.2 Å². The molecule has 2 aromatic rings. The van der Waals surface area contributed by atoms with E-state index in [4.69, 9.17) is 15.2 Å². The number of carbonyl (C=O) groups excluding carboxylic acids is 1. The lowest BCUT2D eigenvalue weighted by molar-refractivity contribution is -0.121. The van der Waals surface area contributed by atoms with Crippen LogP contribution in [0.15, 0.2) is 48.5 Å². The van der Waals surface area contributed by atoms with Gasteiger partial charge in [-0.3, -0.25) is 4.79 Å². The monoisotopic (exact) mass is 368 g/mol. The third-order valence-electron chi connectivity index (χ3n) is 4.78. The summed E-state index contributed by atoms with van der Waals surface area (Å²) < 4.78 is 11.6. The van der Waals surface area contributed by atoms with Crippen molar-refractivity contribution in [2.75, 3.05) is 13.2 Å². The number of hydrogen-bond acceptors (Lipinski definition) is 4. The van der Waals surface area contributed by atoms with Gasteiger partial charge < -0.3 is 20.5 Å². The number of amides is 1. The first-order valence-corrected chi connectivity index (χ1v) is 9.53. The van der Waals surface area contributed by atoms with Gasteiger partial charge in [0.15, 0.2) is 0 Å². The summed E-state index contributed by atoms with van der Waals surface area (Å²) in [4.78, 5) is 12.3. The van der Waals surface area contributed by atoms with Gasteiger partial charge in [-0.05, 0) is 37.0 Å². The molecule has 2 unspecified atom stereocenters. The minimum absolute atomic E-state index is 0.0722. The van der Waals surface area contributed by atoms with Gasteiger partial charge in [0.2, 0.25) is 5.91 Å². The van der Waals surface area contributed by atoms with E-state index >= 15 is 0 Å². The van der Waals surface area contributed by atoms with Crippen molar-refractivity contribution in [1.82, 2.24) is 5.32 Å². The van der Waals surface area contributed by atoms with Crippen molar-refractivity contribution in [1.29, 1.82) is 0 Å². The van der Waals surface area contributed by atoms with Gasteiger partial charge in [-0.15, -0.1) is 0 Å². The van der Waals surface area contributed by atoms with Crippen molar-refractivity contribution in [3.63, 3.8) is 0 Å². The first-order chi connectivity index (χ1) is 13.1. The molecule has 0 aromatic heterocycles. The quantitative estimate of drug-likeness (QED) is 0.750. The number of rotatable bonds is 8. The third-order valence-corrected chi connectivity index (χ3v) is 4.78. The van der Waals surface area contributed by atoms with Crippen molar-refractivity contribution in [2.45, 2.75) is 44.9 Å². The highest BCUT2D eigenvalue weighted by atomic mass is 16.5. The molecule has 0 saturated carbocycles.